The van der Waals surface area contributed by atoms with Gasteiger partial charge in [-0.25, -0.2) is 0 Å². The molecule has 1 aliphatic carbocycles. The van der Waals surface area contributed by atoms with Gasteiger partial charge in [0.15, 0.2) is 0 Å². The number of amides is 1. The average Bonchev–Trinajstić information content (AvgIpc) is 3.14. The van der Waals surface area contributed by atoms with Crippen LogP contribution in [0.2, 0.25) is 5.02 Å². The lowest BCUT2D eigenvalue weighted by Crippen LogP contribution is -2.46. The molecule has 108 valence electrons. The maximum absolute atomic E-state index is 12.4. The Morgan fingerprint density at radius 2 is 2.00 bits per heavy atom. The normalized spacial score (nSPS) is 27.3. The molecule has 3 nitrogen and oxygen atoms in total. The molecular weight excluding hydrogens is 294 g/mol. The second kappa shape index (κ2) is 5.24. The van der Waals surface area contributed by atoms with Crippen LogP contribution in [-0.4, -0.2) is 34.7 Å². The molecule has 1 atom stereocenters. The van der Waals surface area contributed by atoms with E-state index < -0.39 is 11.0 Å². The molecule has 1 unspecified atom stereocenters. The molecular formula is C15H18ClNO2S. The first-order valence-electron chi connectivity index (χ1n) is 6.89. The number of aliphatic hydroxyl groups is 1. The number of rotatable bonds is 4. The van der Waals surface area contributed by atoms with Crippen molar-refractivity contribution >= 4 is 29.3 Å². The molecule has 1 aromatic rings. The molecule has 5 heteroatoms. The van der Waals surface area contributed by atoms with Crippen molar-refractivity contribution < 1.29 is 9.90 Å². The second-order valence-corrected chi connectivity index (χ2v) is 7.34. The summed E-state index contributed by atoms with van der Waals surface area (Å²) in [6.07, 6.45) is 2.49. The van der Waals surface area contributed by atoms with Crippen LogP contribution in [0.3, 0.4) is 0 Å². The molecule has 0 bridgehead atoms. The Balaban J connectivity index is 1.66. The van der Waals surface area contributed by atoms with Crippen molar-refractivity contribution in [2.75, 3.05) is 18.1 Å². The summed E-state index contributed by atoms with van der Waals surface area (Å²) in [5.41, 5.74) is -0.101. The standard InChI is InChI=1S/C15H18ClNO2S/c16-12-3-1-11(2-4-12)15(5-6-15)13(18)17-9-14(19)7-8-20-10-14/h1-4,19H,5-10H2,(H,17,18). The predicted molar refractivity (Wildman–Crippen MR) is 82.3 cm³/mol. The molecule has 1 aromatic carbocycles. The molecule has 3 rings (SSSR count). The summed E-state index contributed by atoms with van der Waals surface area (Å²) in [5.74, 6) is 1.71. The molecule has 1 aliphatic heterocycles. The SMILES string of the molecule is O=C(NCC1(O)CCSC1)C1(c2ccc(Cl)cc2)CC1. The van der Waals surface area contributed by atoms with Gasteiger partial charge >= 0.3 is 0 Å². The Bertz CT molecular complexity index is 507. The summed E-state index contributed by atoms with van der Waals surface area (Å²) in [5, 5.41) is 13.9. The quantitative estimate of drug-likeness (QED) is 0.897. The Labute approximate surface area is 128 Å². The van der Waals surface area contributed by atoms with Gasteiger partial charge in [0.2, 0.25) is 5.91 Å². The number of hydrogen-bond donors (Lipinski definition) is 2. The van der Waals surface area contributed by atoms with E-state index in [9.17, 15) is 9.90 Å². The van der Waals surface area contributed by atoms with Crippen LogP contribution in [0.1, 0.15) is 24.8 Å². The van der Waals surface area contributed by atoms with Gasteiger partial charge in [0.05, 0.1) is 11.0 Å². The van der Waals surface area contributed by atoms with Crippen molar-refractivity contribution in [2.24, 2.45) is 0 Å². The minimum atomic E-state index is -0.726. The van der Waals surface area contributed by atoms with Crippen LogP contribution in [0.25, 0.3) is 0 Å². The van der Waals surface area contributed by atoms with Gasteiger partial charge in [-0.2, -0.15) is 11.8 Å². The van der Waals surface area contributed by atoms with E-state index in [4.69, 9.17) is 11.6 Å². The molecule has 1 saturated carbocycles. The van der Waals surface area contributed by atoms with Crippen LogP contribution in [0.5, 0.6) is 0 Å². The maximum Gasteiger partial charge on any atom is 0.230 e. The fourth-order valence-corrected chi connectivity index (χ4v) is 4.11. The molecule has 1 amide bonds. The zero-order valence-corrected chi connectivity index (χ0v) is 12.8. The highest BCUT2D eigenvalue weighted by Gasteiger charge is 2.51. The summed E-state index contributed by atoms with van der Waals surface area (Å²) in [4.78, 5) is 12.4. The Morgan fingerprint density at radius 1 is 1.30 bits per heavy atom. The van der Waals surface area contributed by atoms with Gasteiger partial charge in [-0.15, -0.1) is 0 Å². The maximum atomic E-state index is 12.4. The van der Waals surface area contributed by atoms with Gasteiger partial charge in [0.1, 0.15) is 0 Å². The molecule has 2 N–H and O–H groups in total. The van der Waals surface area contributed by atoms with Crippen molar-refractivity contribution in [3.63, 3.8) is 0 Å². The first-order chi connectivity index (χ1) is 9.54. The van der Waals surface area contributed by atoms with Crippen molar-refractivity contribution in [1.29, 1.82) is 0 Å². The van der Waals surface area contributed by atoms with Crippen LogP contribution < -0.4 is 5.32 Å². The Morgan fingerprint density at radius 3 is 2.55 bits per heavy atom. The van der Waals surface area contributed by atoms with Crippen molar-refractivity contribution in [3.05, 3.63) is 34.9 Å². The van der Waals surface area contributed by atoms with E-state index in [-0.39, 0.29) is 5.91 Å². The van der Waals surface area contributed by atoms with Crippen molar-refractivity contribution in [3.8, 4) is 0 Å². The summed E-state index contributed by atoms with van der Waals surface area (Å²) in [6, 6.07) is 7.50. The Kier molecular flexibility index (Phi) is 3.73. The third-order valence-electron chi connectivity index (χ3n) is 4.24. The topological polar surface area (TPSA) is 49.3 Å². The van der Waals surface area contributed by atoms with Gasteiger partial charge in [-0.1, -0.05) is 23.7 Å². The number of benzene rings is 1. The molecule has 2 aliphatic rings. The minimum absolute atomic E-state index is 0.0325. The lowest BCUT2D eigenvalue weighted by atomic mass is 9.94. The second-order valence-electron chi connectivity index (χ2n) is 5.80. The van der Waals surface area contributed by atoms with E-state index in [0.717, 1.165) is 30.6 Å². The molecule has 0 radical (unpaired) electrons. The van der Waals surface area contributed by atoms with Crippen LogP contribution in [0, 0.1) is 0 Å². The number of carbonyl (C=O) groups is 1. The van der Waals surface area contributed by atoms with Gasteiger partial charge < -0.3 is 10.4 Å². The van der Waals surface area contributed by atoms with E-state index in [1.165, 1.54) is 0 Å². The van der Waals surface area contributed by atoms with Crippen molar-refractivity contribution in [2.45, 2.75) is 30.3 Å². The van der Waals surface area contributed by atoms with Gasteiger partial charge in [0, 0.05) is 17.3 Å². The number of carbonyl (C=O) groups excluding carboxylic acids is 1. The molecule has 0 aromatic heterocycles. The van der Waals surface area contributed by atoms with Crippen LogP contribution in [0.4, 0.5) is 0 Å². The third kappa shape index (κ3) is 2.69. The highest BCUT2D eigenvalue weighted by Crippen LogP contribution is 2.48. The van der Waals surface area contributed by atoms with E-state index in [0.29, 0.717) is 17.3 Å². The van der Waals surface area contributed by atoms with Crippen molar-refractivity contribution in [1.82, 2.24) is 5.32 Å². The average molecular weight is 312 g/mol. The van der Waals surface area contributed by atoms with Crippen LogP contribution >= 0.6 is 23.4 Å². The first kappa shape index (κ1) is 14.2. The largest absolute Gasteiger partial charge is 0.387 e. The molecule has 2 fully saturated rings. The molecule has 20 heavy (non-hydrogen) atoms. The minimum Gasteiger partial charge on any atom is -0.387 e. The molecule has 1 heterocycles. The first-order valence-corrected chi connectivity index (χ1v) is 8.42. The molecule has 0 spiro atoms. The van der Waals surface area contributed by atoms with Crippen LogP contribution in [0.15, 0.2) is 24.3 Å². The third-order valence-corrected chi connectivity index (χ3v) is 5.73. The highest BCUT2D eigenvalue weighted by atomic mass is 35.5. The summed E-state index contributed by atoms with van der Waals surface area (Å²) < 4.78 is 0. The fraction of sp³-hybridized carbons (Fsp3) is 0.533. The highest BCUT2D eigenvalue weighted by molar-refractivity contribution is 7.99. The van der Waals surface area contributed by atoms with E-state index in [1.54, 1.807) is 11.8 Å². The molecule has 1 saturated heterocycles. The monoisotopic (exact) mass is 311 g/mol. The lowest BCUT2D eigenvalue weighted by molar-refractivity contribution is -0.124. The number of halogens is 1. The predicted octanol–water partition coefficient (Wildman–Crippen LogP) is 2.36. The number of nitrogens with one attached hydrogen (secondary N) is 1. The summed E-state index contributed by atoms with van der Waals surface area (Å²) >= 11 is 7.63. The van der Waals surface area contributed by atoms with Gasteiger partial charge in [-0.05, 0) is 42.7 Å². The van der Waals surface area contributed by atoms with E-state index in [2.05, 4.69) is 5.32 Å². The van der Waals surface area contributed by atoms with E-state index in [1.807, 2.05) is 24.3 Å². The summed E-state index contributed by atoms with van der Waals surface area (Å²) in [7, 11) is 0. The number of hydrogen-bond acceptors (Lipinski definition) is 3. The van der Waals surface area contributed by atoms with Crippen LogP contribution in [-0.2, 0) is 10.2 Å². The van der Waals surface area contributed by atoms with E-state index >= 15 is 0 Å². The van der Waals surface area contributed by atoms with Gasteiger partial charge in [0.25, 0.3) is 0 Å². The Hall–Kier alpha value is -0.710. The lowest BCUT2D eigenvalue weighted by Gasteiger charge is -2.24. The zero-order valence-electron chi connectivity index (χ0n) is 11.2. The zero-order chi connectivity index (χ0) is 14.2. The smallest absolute Gasteiger partial charge is 0.230 e. The fourth-order valence-electron chi connectivity index (χ4n) is 2.69. The summed E-state index contributed by atoms with van der Waals surface area (Å²) in [6.45, 7) is 0.355. The number of thioether (sulfide) groups is 1. The van der Waals surface area contributed by atoms with Gasteiger partial charge in [-0.3, -0.25) is 4.79 Å².